The fourth-order valence-corrected chi connectivity index (χ4v) is 2.60. The van der Waals surface area contributed by atoms with Crippen LogP contribution in [0.25, 0.3) is 0 Å². The van der Waals surface area contributed by atoms with Crippen LogP contribution in [0.15, 0.2) is 46.9 Å². The number of carbonyl (C=O) groups is 2. The molecule has 2 aromatic rings. The van der Waals surface area contributed by atoms with Crippen molar-refractivity contribution in [1.29, 1.82) is 0 Å². The summed E-state index contributed by atoms with van der Waals surface area (Å²) in [5, 5.41) is 0. The Bertz CT molecular complexity index is 795. The number of hydrogen-bond acceptors (Lipinski definition) is 4. The average molecular weight is 438 g/mol. The summed E-state index contributed by atoms with van der Waals surface area (Å²) < 4.78 is 24.1. The molecule has 0 bridgehead atoms. The molecule has 0 fully saturated rings. The highest BCUT2D eigenvalue weighted by atomic mass is 79.9. The molecule has 0 aromatic heterocycles. The zero-order valence-corrected chi connectivity index (χ0v) is 16.8. The van der Waals surface area contributed by atoms with E-state index >= 15 is 0 Å². The van der Waals surface area contributed by atoms with Gasteiger partial charge in [0, 0.05) is 18.1 Å². The molecule has 0 saturated heterocycles. The molecular formula is C20H21BrFNO4. The Hall–Kier alpha value is -2.41. The van der Waals surface area contributed by atoms with Gasteiger partial charge >= 0.3 is 5.97 Å². The molecule has 0 atom stereocenters. The van der Waals surface area contributed by atoms with Crippen LogP contribution in [0.4, 0.5) is 4.39 Å². The van der Waals surface area contributed by atoms with E-state index in [9.17, 15) is 14.0 Å². The molecule has 0 aliphatic carbocycles. The first-order chi connectivity index (χ1) is 12.9. The van der Waals surface area contributed by atoms with Gasteiger partial charge in [0.15, 0.2) is 24.8 Å². The lowest BCUT2D eigenvalue weighted by Gasteiger charge is -2.17. The maximum absolute atomic E-state index is 13.6. The topological polar surface area (TPSA) is 55.8 Å². The number of aryl methyl sites for hydroxylation is 1. The molecule has 144 valence electrons. The number of rotatable bonds is 8. The first-order valence-electron chi connectivity index (χ1n) is 8.44. The molecule has 1 amide bonds. The summed E-state index contributed by atoms with van der Waals surface area (Å²) >= 11 is 3.13. The SMILES string of the molecule is CCc1ccc(CN(C)C(=O)COC(=O)COc2ccc(Br)cc2F)cc1. The summed E-state index contributed by atoms with van der Waals surface area (Å²) in [6.45, 7) is 1.62. The van der Waals surface area contributed by atoms with Crippen LogP contribution >= 0.6 is 15.9 Å². The van der Waals surface area contributed by atoms with Crippen LogP contribution in [0.1, 0.15) is 18.1 Å². The number of hydrogen-bond donors (Lipinski definition) is 0. The second kappa shape index (κ2) is 10.1. The predicted molar refractivity (Wildman–Crippen MR) is 103 cm³/mol. The molecule has 7 heteroatoms. The van der Waals surface area contributed by atoms with E-state index in [1.807, 2.05) is 24.3 Å². The normalized spacial score (nSPS) is 10.4. The second-order valence-corrected chi connectivity index (χ2v) is 6.86. The number of benzene rings is 2. The van der Waals surface area contributed by atoms with E-state index in [4.69, 9.17) is 9.47 Å². The van der Waals surface area contributed by atoms with E-state index in [1.54, 1.807) is 13.1 Å². The molecular weight excluding hydrogens is 417 g/mol. The fraction of sp³-hybridized carbons (Fsp3) is 0.300. The van der Waals surface area contributed by atoms with Gasteiger partial charge in [-0.05, 0) is 35.7 Å². The molecule has 2 rings (SSSR count). The highest BCUT2D eigenvalue weighted by Gasteiger charge is 2.14. The van der Waals surface area contributed by atoms with Gasteiger partial charge in [0.25, 0.3) is 5.91 Å². The van der Waals surface area contributed by atoms with Crippen molar-refractivity contribution in [3.63, 3.8) is 0 Å². The molecule has 0 unspecified atom stereocenters. The van der Waals surface area contributed by atoms with Gasteiger partial charge in [0.05, 0.1) is 0 Å². The Morgan fingerprint density at radius 2 is 1.74 bits per heavy atom. The van der Waals surface area contributed by atoms with E-state index < -0.39 is 25.0 Å². The monoisotopic (exact) mass is 437 g/mol. The predicted octanol–water partition coefficient (Wildman–Crippen LogP) is 3.73. The van der Waals surface area contributed by atoms with Crippen molar-refractivity contribution in [2.24, 2.45) is 0 Å². The quantitative estimate of drug-likeness (QED) is 0.590. The van der Waals surface area contributed by atoms with E-state index in [0.717, 1.165) is 12.0 Å². The third kappa shape index (κ3) is 6.67. The van der Waals surface area contributed by atoms with E-state index in [1.165, 1.54) is 22.6 Å². The lowest BCUT2D eigenvalue weighted by molar-refractivity contribution is -0.153. The summed E-state index contributed by atoms with van der Waals surface area (Å²) in [7, 11) is 1.64. The van der Waals surface area contributed by atoms with E-state index in [-0.39, 0.29) is 11.7 Å². The molecule has 0 saturated carbocycles. The molecule has 0 aliphatic heterocycles. The van der Waals surface area contributed by atoms with Crippen LogP contribution in [-0.4, -0.2) is 37.0 Å². The number of nitrogens with zero attached hydrogens (tertiary/aromatic N) is 1. The van der Waals surface area contributed by atoms with Crippen LogP contribution in [0.2, 0.25) is 0 Å². The number of halogens is 2. The Morgan fingerprint density at radius 1 is 1.07 bits per heavy atom. The Labute approximate surface area is 166 Å². The van der Waals surface area contributed by atoms with Crippen molar-refractivity contribution >= 4 is 27.8 Å². The van der Waals surface area contributed by atoms with Gasteiger partial charge in [0.2, 0.25) is 0 Å². The van der Waals surface area contributed by atoms with Crippen LogP contribution in [0.3, 0.4) is 0 Å². The van der Waals surface area contributed by atoms with Gasteiger partial charge in [-0.2, -0.15) is 0 Å². The van der Waals surface area contributed by atoms with E-state index in [2.05, 4.69) is 22.9 Å². The third-order valence-corrected chi connectivity index (χ3v) is 4.37. The molecule has 5 nitrogen and oxygen atoms in total. The zero-order valence-electron chi connectivity index (χ0n) is 15.2. The molecule has 2 aromatic carbocycles. The molecule has 27 heavy (non-hydrogen) atoms. The second-order valence-electron chi connectivity index (χ2n) is 5.94. The summed E-state index contributed by atoms with van der Waals surface area (Å²) in [5.41, 5.74) is 2.22. The standard InChI is InChI=1S/C20H21BrFNO4/c1-3-14-4-6-15(7-5-14)11-23(2)19(24)12-27-20(25)13-26-18-9-8-16(21)10-17(18)22/h4-10H,3,11-13H2,1-2H3. The van der Waals surface area contributed by atoms with Gasteiger partial charge in [-0.1, -0.05) is 47.1 Å². The van der Waals surface area contributed by atoms with Crippen molar-refractivity contribution in [2.75, 3.05) is 20.3 Å². The largest absolute Gasteiger partial charge is 0.479 e. The van der Waals surface area contributed by atoms with Gasteiger partial charge in [-0.3, -0.25) is 4.79 Å². The Kier molecular flexibility index (Phi) is 7.79. The highest BCUT2D eigenvalue weighted by Crippen LogP contribution is 2.21. The minimum atomic E-state index is -0.744. The maximum atomic E-state index is 13.6. The van der Waals surface area contributed by atoms with Gasteiger partial charge < -0.3 is 14.4 Å². The van der Waals surface area contributed by atoms with Crippen molar-refractivity contribution in [3.8, 4) is 5.75 Å². The van der Waals surface area contributed by atoms with Gasteiger partial charge in [0.1, 0.15) is 0 Å². The van der Waals surface area contributed by atoms with Crippen molar-refractivity contribution in [3.05, 3.63) is 63.9 Å². The first-order valence-corrected chi connectivity index (χ1v) is 9.23. The molecule has 0 aliphatic rings. The highest BCUT2D eigenvalue weighted by molar-refractivity contribution is 9.10. The summed E-state index contributed by atoms with van der Waals surface area (Å²) in [6, 6.07) is 12.2. The Morgan fingerprint density at radius 3 is 2.37 bits per heavy atom. The van der Waals surface area contributed by atoms with Crippen molar-refractivity contribution in [1.82, 2.24) is 4.90 Å². The lowest BCUT2D eigenvalue weighted by Crippen LogP contribution is -2.31. The fourth-order valence-electron chi connectivity index (χ4n) is 2.27. The summed E-state index contributed by atoms with van der Waals surface area (Å²) in [6.07, 6.45) is 0.956. The lowest BCUT2D eigenvalue weighted by atomic mass is 10.1. The summed E-state index contributed by atoms with van der Waals surface area (Å²) in [5.74, 6) is -1.74. The minimum Gasteiger partial charge on any atom is -0.479 e. The Balaban J connectivity index is 1.75. The van der Waals surface area contributed by atoms with Crippen LogP contribution < -0.4 is 4.74 Å². The minimum absolute atomic E-state index is 0.0610. The van der Waals surface area contributed by atoms with Gasteiger partial charge in [-0.25, -0.2) is 9.18 Å². The number of likely N-dealkylation sites (N-methyl/N-ethyl adjacent to an activating group) is 1. The maximum Gasteiger partial charge on any atom is 0.344 e. The third-order valence-electron chi connectivity index (χ3n) is 3.87. The van der Waals surface area contributed by atoms with Crippen molar-refractivity contribution < 1.29 is 23.5 Å². The molecule has 0 spiro atoms. The average Bonchev–Trinajstić information content (AvgIpc) is 2.66. The van der Waals surface area contributed by atoms with E-state index in [0.29, 0.717) is 11.0 Å². The molecule has 0 N–H and O–H groups in total. The van der Waals surface area contributed by atoms with Crippen molar-refractivity contribution in [2.45, 2.75) is 19.9 Å². The van der Waals surface area contributed by atoms with Gasteiger partial charge in [-0.15, -0.1) is 0 Å². The summed E-state index contributed by atoms with van der Waals surface area (Å²) in [4.78, 5) is 25.3. The molecule has 0 heterocycles. The first kappa shape index (κ1) is 20.9. The van der Waals surface area contributed by atoms with Crippen LogP contribution in [0.5, 0.6) is 5.75 Å². The van der Waals surface area contributed by atoms with Crippen LogP contribution in [0, 0.1) is 5.82 Å². The van der Waals surface area contributed by atoms with Crippen LogP contribution in [-0.2, 0) is 27.3 Å². The number of amides is 1. The molecule has 0 radical (unpaired) electrons. The number of esters is 1. The smallest absolute Gasteiger partial charge is 0.344 e. The number of carbonyl (C=O) groups excluding carboxylic acids is 2. The zero-order chi connectivity index (χ0) is 19.8. The number of ether oxygens (including phenoxy) is 2.